The number of hydrogen-bond donors (Lipinski definition) is 1. The number of hydrogen-bond acceptors (Lipinski definition) is 2. The second kappa shape index (κ2) is 3.88. The molecule has 90 valence electrons. The molecule has 0 fully saturated rings. The lowest BCUT2D eigenvalue weighted by Crippen LogP contribution is -1.91. The zero-order valence-corrected chi connectivity index (χ0v) is 10.5. The van der Waals surface area contributed by atoms with Crippen molar-refractivity contribution in [3.8, 4) is 11.1 Å². The molecule has 0 radical (unpaired) electrons. The van der Waals surface area contributed by atoms with E-state index in [9.17, 15) is 0 Å². The minimum atomic E-state index is 0.694. The van der Waals surface area contributed by atoms with Crippen molar-refractivity contribution in [2.75, 3.05) is 5.73 Å². The Balaban J connectivity index is 2.39. The van der Waals surface area contributed by atoms with Crippen molar-refractivity contribution in [1.82, 2.24) is 9.55 Å². The number of fused-ring (bicyclic) bond motifs is 1. The van der Waals surface area contributed by atoms with Gasteiger partial charge in [-0.2, -0.15) is 0 Å². The summed E-state index contributed by atoms with van der Waals surface area (Å²) in [6.45, 7) is 2.12. The van der Waals surface area contributed by atoms with Crippen molar-refractivity contribution >= 4 is 16.6 Å². The maximum atomic E-state index is 5.83. The van der Waals surface area contributed by atoms with Crippen LogP contribution in [0.1, 0.15) is 5.69 Å². The number of aryl methyl sites for hydroxylation is 1. The highest BCUT2D eigenvalue weighted by molar-refractivity contribution is 5.98. The van der Waals surface area contributed by atoms with E-state index in [1.807, 2.05) is 12.3 Å². The number of benzene rings is 1. The smallest absolute Gasteiger partial charge is 0.0506 e. The van der Waals surface area contributed by atoms with Gasteiger partial charge in [0, 0.05) is 47.2 Å². The number of anilines is 1. The van der Waals surface area contributed by atoms with Gasteiger partial charge in [-0.3, -0.25) is 4.98 Å². The van der Waals surface area contributed by atoms with Crippen LogP contribution < -0.4 is 5.73 Å². The molecule has 0 spiro atoms. The van der Waals surface area contributed by atoms with Gasteiger partial charge in [-0.15, -0.1) is 0 Å². The van der Waals surface area contributed by atoms with Gasteiger partial charge in [0.1, 0.15) is 0 Å². The van der Waals surface area contributed by atoms with E-state index in [4.69, 9.17) is 5.73 Å². The fourth-order valence-corrected chi connectivity index (χ4v) is 2.48. The second-order valence-corrected chi connectivity index (χ2v) is 4.54. The normalized spacial score (nSPS) is 11.0. The molecule has 2 heterocycles. The van der Waals surface area contributed by atoms with E-state index in [0.29, 0.717) is 5.69 Å². The lowest BCUT2D eigenvalue weighted by atomic mass is 10.0. The SMILES string of the molecule is Cc1c(-c2cncc(N)c2)c2ccccc2n1C. The average Bonchev–Trinajstić information content (AvgIpc) is 2.63. The van der Waals surface area contributed by atoms with Crippen LogP contribution in [0.15, 0.2) is 42.7 Å². The van der Waals surface area contributed by atoms with E-state index in [-0.39, 0.29) is 0 Å². The molecule has 18 heavy (non-hydrogen) atoms. The van der Waals surface area contributed by atoms with E-state index >= 15 is 0 Å². The third-order valence-corrected chi connectivity index (χ3v) is 3.45. The van der Waals surface area contributed by atoms with Crippen LogP contribution in [0.3, 0.4) is 0 Å². The van der Waals surface area contributed by atoms with Gasteiger partial charge in [-0.05, 0) is 19.1 Å². The maximum Gasteiger partial charge on any atom is 0.0506 e. The van der Waals surface area contributed by atoms with Crippen LogP contribution in [-0.4, -0.2) is 9.55 Å². The summed E-state index contributed by atoms with van der Waals surface area (Å²) in [5.41, 5.74) is 11.3. The Bertz CT molecular complexity index is 726. The first kappa shape index (κ1) is 10.8. The first-order chi connectivity index (χ1) is 8.68. The highest BCUT2D eigenvalue weighted by Gasteiger charge is 2.13. The highest BCUT2D eigenvalue weighted by atomic mass is 14.9. The Morgan fingerprint density at radius 1 is 1.17 bits per heavy atom. The number of nitrogen functional groups attached to an aromatic ring is 1. The van der Waals surface area contributed by atoms with Crippen molar-refractivity contribution in [3.63, 3.8) is 0 Å². The van der Waals surface area contributed by atoms with Crippen molar-refractivity contribution in [3.05, 3.63) is 48.4 Å². The van der Waals surface area contributed by atoms with Crippen LogP contribution in [0, 0.1) is 6.92 Å². The van der Waals surface area contributed by atoms with E-state index in [1.54, 1.807) is 6.20 Å². The number of aromatic nitrogens is 2. The van der Waals surface area contributed by atoms with E-state index in [1.165, 1.54) is 22.2 Å². The molecule has 0 aliphatic carbocycles. The summed E-state index contributed by atoms with van der Waals surface area (Å²) in [5.74, 6) is 0. The molecular weight excluding hydrogens is 222 g/mol. The van der Waals surface area contributed by atoms with E-state index < -0.39 is 0 Å². The van der Waals surface area contributed by atoms with Gasteiger partial charge in [-0.1, -0.05) is 18.2 Å². The average molecular weight is 237 g/mol. The van der Waals surface area contributed by atoms with Gasteiger partial charge in [-0.25, -0.2) is 0 Å². The molecule has 0 unspecified atom stereocenters. The molecule has 2 N–H and O–H groups in total. The van der Waals surface area contributed by atoms with Crippen molar-refractivity contribution in [2.45, 2.75) is 6.92 Å². The fraction of sp³-hybridized carbons (Fsp3) is 0.133. The Kier molecular flexibility index (Phi) is 2.33. The second-order valence-electron chi connectivity index (χ2n) is 4.54. The molecule has 3 rings (SSSR count). The maximum absolute atomic E-state index is 5.83. The van der Waals surface area contributed by atoms with Crippen LogP contribution >= 0.6 is 0 Å². The number of nitrogens with zero attached hydrogens (tertiary/aromatic N) is 2. The molecular formula is C15H15N3. The molecule has 1 aromatic carbocycles. The number of para-hydroxylation sites is 1. The van der Waals surface area contributed by atoms with E-state index in [2.05, 4.69) is 47.8 Å². The zero-order chi connectivity index (χ0) is 12.7. The lowest BCUT2D eigenvalue weighted by Gasteiger charge is -2.03. The number of rotatable bonds is 1. The van der Waals surface area contributed by atoms with Gasteiger partial charge in [0.15, 0.2) is 0 Å². The van der Waals surface area contributed by atoms with Crippen LogP contribution in [0.5, 0.6) is 0 Å². The molecule has 0 atom stereocenters. The summed E-state index contributed by atoms with van der Waals surface area (Å²) < 4.78 is 2.20. The summed E-state index contributed by atoms with van der Waals surface area (Å²) in [7, 11) is 2.08. The Morgan fingerprint density at radius 3 is 2.72 bits per heavy atom. The Labute approximate surface area is 106 Å². The van der Waals surface area contributed by atoms with Crippen molar-refractivity contribution in [1.29, 1.82) is 0 Å². The van der Waals surface area contributed by atoms with E-state index in [0.717, 1.165) is 5.56 Å². The topological polar surface area (TPSA) is 43.8 Å². The summed E-state index contributed by atoms with van der Waals surface area (Å²) >= 11 is 0. The van der Waals surface area contributed by atoms with Crippen LogP contribution in [0.4, 0.5) is 5.69 Å². The largest absolute Gasteiger partial charge is 0.397 e. The molecule has 3 aromatic rings. The highest BCUT2D eigenvalue weighted by Crippen LogP contribution is 2.33. The first-order valence-corrected chi connectivity index (χ1v) is 5.93. The lowest BCUT2D eigenvalue weighted by molar-refractivity contribution is 0.919. The molecule has 0 aliphatic rings. The Morgan fingerprint density at radius 2 is 1.94 bits per heavy atom. The molecule has 0 saturated heterocycles. The summed E-state index contributed by atoms with van der Waals surface area (Å²) in [5, 5.41) is 1.24. The molecule has 0 amide bonds. The van der Waals surface area contributed by atoms with Gasteiger partial charge >= 0.3 is 0 Å². The molecule has 0 aliphatic heterocycles. The summed E-state index contributed by atoms with van der Waals surface area (Å²) in [6.07, 6.45) is 3.54. The van der Waals surface area contributed by atoms with Gasteiger partial charge in [0.2, 0.25) is 0 Å². The Hall–Kier alpha value is -2.29. The quantitative estimate of drug-likeness (QED) is 0.706. The minimum Gasteiger partial charge on any atom is -0.397 e. The molecule has 2 aromatic heterocycles. The fourth-order valence-electron chi connectivity index (χ4n) is 2.48. The zero-order valence-electron chi connectivity index (χ0n) is 10.5. The minimum absolute atomic E-state index is 0.694. The van der Waals surface area contributed by atoms with Crippen molar-refractivity contribution in [2.24, 2.45) is 7.05 Å². The summed E-state index contributed by atoms with van der Waals surface area (Å²) in [6, 6.07) is 10.4. The first-order valence-electron chi connectivity index (χ1n) is 5.93. The summed E-state index contributed by atoms with van der Waals surface area (Å²) in [4.78, 5) is 4.18. The standard InChI is InChI=1S/C15H15N3/c1-10-15(11-7-12(16)9-17-8-11)13-5-3-4-6-14(13)18(10)2/h3-9H,16H2,1-2H3. The monoisotopic (exact) mass is 237 g/mol. The van der Waals surface area contributed by atoms with Crippen LogP contribution in [0.2, 0.25) is 0 Å². The molecule has 3 nitrogen and oxygen atoms in total. The number of pyridine rings is 1. The van der Waals surface area contributed by atoms with Gasteiger partial charge in [0.25, 0.3) is 0 Å². The van der Waals surface area contributed by atoms with Crippen LogP contribution in [0.25, 0.3) is 22.0 Å². The molecule has 0 bridgehead atoms. The van der Waals surface area contributed by atoms with Gasteiger partial charge in [0.05, 0.1) is 5.69 Å². The third-order valence-electron chi connectivity index (χ3n) is 3.45. The van der Waals surface area contributed by atoms with Gasteiger partial charge < -0.3 is 10.3 Å². The van der Waals surface area contributed by atoms with Crippen LogP contribution in [-0.2, 0) is 7.05 Å². The number of nitrogens with two attached hydrogens (primary N) is 1. The predicted molar refractivity (Wildman–Crippen MR) is 75.3 cm³/mol. The molecule has 3 heteroatoms. The third kappa shape index (κ3) is 1.48. The predicted octanol–water partition coefficient (Wildman–Crippen LogP) is 3.13. The molecule has 0 saturated carbocycles. The van der Waals surface area contributed by atoms with Crippen molar-refractivity contribution < 1.29 is 0 Å².